The standard InChI is InChI=1S/C23H28N2O2S/c1-26-21-10-4-3-9-20(21)25-15-13-24(14-16-25)12-6-7-18-17-28-23-19(18)8-5-11-22(23)27-2/h3-5,8-11,17H,6-7,12-16H2,1-2H3. The average Bonchev–Trinajstić information content (AvgIpc) is 3.17. The van der Waals surface area contributed by atoms with Crippen LogP contribution in [0.5, 0.6) is 11.5 Å². The molecule has 0 radical (unpaired) electrons. The molecule has 2 heterocycles. The van der Waals surface area contributed by atoms with Gasteiger partial charge in [-0.15, -0.1) is 11.3 Å². The van der Waals surface area contributed by atoms with Crippen LogP contribution in [0.25, 0.3) is 10.1 Å². The molecule has 3 aromatic rings. The third-order valence-corrected chi connectivity index (χ3v) is 6.64. The van der Waals surface area contributed by atoms with Gasteiger partial charge < -0.3 is 14.4 Å². The highest BCUT2D eigenvalue weighted by atomic mass is 32.1. The number of rotatable bonds is 7. The molecule has 1 aliphatic heterocycles. The molecular formula is C23H28N2O2S. The van der Waals surface area contributed by atoms with Gasteiger partial charge in [0.15, 0.2) is 0 Å². The highest BCUT2D eigenvalue weighted by molar-refractivity contribution is 7.17. The summed E-state index contributed by atoms with van der Waals surface area (Å²) >= 11 is 1.80. The summed E-state index contributed by atoms with van der Waals surface area (Å²) in [6, 6.07) is 14.7. The van der Waals surface area contributed by atoms with Gasteiger partial charge in [-0.1, -0.05) is 24.3 Å². The minimum atomic E-state index is 0.968. The van der Waals surface area contributed by atoms with Crippen molar-refractivity contribution in [3.05, 3.63) is 53.4 Å². The number of hydrogen-bond donors (Lipinski definition) is 0. The fourth-order valence-corrected chi connectivity index (χ4v) is 5.13. The van der Waals surface area contributed by atoms with E-state index in [2.05, 4.69) is 39.4 Å². The SMILES string of the molecule is COc1ccccc1N1CCN(CCCc2csc3c(OC)cccc23)CC1. The highest BCUT2D eigenvalue weighted by Gasteiger charge is 2.19. The van der Waals surface area contributed by atoms with E-state index in [1.165, 1.54) is 27.8 Å². The monoisotopic (exact) mass is 396 g/mol. The summed E-state index contributed by atoms with van der Waals surface area (Å²) in [4.78, 5) is 5.02. The van der Waals surface area contributed by atoms with Gasteiger partial charge >= 0.3 is 0 Å². The Bertz CT molecular complexity index is 916. The number of benzene rings is 2. The average molecular weight is 397 g/mol. The molecule has 1 aromatic heterocycles. The number of anilines is 1. The van der Waals surface area contributed by atoms with Crippen molar-refractivity contribution in [2.75, 3.05) is 51.8 Å². The number of nitrogens with zero attached hydrogens (tertiary/aromatic N) is 2. The Hall–Kier alpha value is -2.24. The van der Waals surface area contributed by atoms with Crippen LogP contribution in [0, 0.1) is 0 Å². The summed E-state index contributed by atoms with van der Waals surface area (Å²) in [5.41, 5.74) is 2.66. The van der Waals surface area contributed by atoms with Crippen molar-refractivity contribution < 1.29 is 9.47 Å². The van der Waals surface area contributed by atoms with Gasteiger partial charge in [0.25, 0.3) is 0 Å². The lowest BCUT2D eigenvalue weighted by Gasteiger charge is -2.36. The number of piperazine rings is 1. The zero-order chi connectivity index (χ0) is 19.3. The molecule has 4 nitrogen and oxygen atoms in total. The Balaban J connectivity index is 1.29. The lowest BCUT2D eigenvalue weighted by molar-refractivity contribution is 0.254. The first-order valence-corrected chi connectivity index (χ1v) is 10.8. The number of hydrogen-bond acceptors (Lipinski definition) is 5. The van der Waals surface area contributed by atoms with E-state index in [4.69, 9.17) is 9.47 Å². The molecule has 1 aliphatic rings. The summed E-state index contributed by atoms with van der Waals surface area (Å²) in [6.45, 7) is 5.48. The van der Waals surface area contributed by atoms with Gasteiger partial charge in [-0.25, -0.2) is 0 Å². The molecule has 1 saturated heterocycles. The van der Waals surface area contributed by atoms with Crippen molar-refractivity contribution in [1.29, 1.82) is 0 Å². The Morgan fingerprint density at radius 1 is 0.893 bits per heavy atom. The third-order valence-electron chi connectivity index (χ3n) is 5.58. The van der Waals surface area contributed by atoms with Crippen molar-refractivity contribution in [2.45, 2.75) is 12.8 Å². The van der Waals surface area contributed by atoms with Gasteiger partial charge in [0.05, 0.1) is 24.6 Å². The Morgan fingerprint density at radius 3 is 2.43 bits per heavy atom. The quantitative estimate of drug-likeness (QED) is 0.579. The van der Waals surface area contributed by atoms with Gasteiger partial charge in [0, 0.05) is 26.2 Å². The van der Waals surface area contributed by atoms with Gasteiger partial charge in [-0.3, -0.25) is 4.90 Å². The van der Waals surface area contributed by atoms with E-state index in [1.807, 2.05) is 18.2 Å². The van der Waals surface area contributed by atoms with Crippen LogP contribution in [-0.4, -0.2) is 51.8 Å². The molecule has 0 amide bonds. The van der Waals surface area contributed by atoms with Crippen LogP contribution >= 0.6 is 11.3 Å². The zero-order valence-electron chi connectivity index (χ0n) is 16.7. The molecule has 4 rings (SSSR count). The highest BCUT2D eigenvalue weighted by Crippen LogP contribution is 2.34. The number of fused-ring (bicyclic) bond motifs is 1. The number of methoxy groups -OCH3 is 2. The van der Waals surface area contributed by atoms with E-state index in [9.17, 15) is 0 Å². The molecule has 0 atom stereocenters. The van der Waals surface area contributed by atoms with E-state index in [0.717, 1.165) is 50.6 Å². The normalized spacial score (nSPS) is 15.1. The van der Waals surface area contributed by atoms with Gasteiger partial charge in [-0.05, 0) is 53.9 Å². The van der Waals surface area contributed by atoms with Gasteiger partial charge in [0.2, 0.25) is 0 Å². The van der Waals surface area contributed by atoms with Crippen LogP contribution in [0.4, 0.5) is 5.69 Å². The molecule has 2 aromatic carbocycles. The Morgan fingerprint density at radius 2 is 1.64 bits per heavy atom. The second-order valence-corrected chi connectivity index (χ2v) is 8.08. The first-order chi connectivity index (χ1) is 13.8. The first-order valence-electron chi connectivity index (χ1n) is 9.93. The number of thiophene rings is 1. The smallest absolute Gasteiger partial charge is 0.142 e. The van der Waals surface area contributed by atoms with Crippen LogP contribution < -0.4 is 14.4 Å². The van der Waals surface area contributed by atoms with Crippen LogP contribution in [0.3, 0.4) is 0 Å². The molecule has 5 heteroatoms. The minimum Gasteiger partial charge on any atom is -0.495 e. The fourth-order valence-electron chi connectivity index (χ4n) is 4.03. The van der Waals surface area contributed by atoms with Crippen molar-refractivity contribution in [3.8, 4) is 11.5 Å². The van der Waals surface area contributed by atoms with Crippen LogP contribution in [-0.2, 0) is 6.42 Å². The first kappa shape index (κ1) is 19.1. The Labute approximate surface area is 171 Å². The minimum absolute atomic E-state index is 0.968. The fraction of sp³-hybridized carbons (Fsp3) is 0.391. The Kier molecular flexibility index (Phi) is 6.03. The molecule has 0 saturated carbocycles. The lowest BCUT2D eigenvalue weighted by Crippen LogP contribution is -2.46. The molecule has 148 valence electrons. The summed E-state index contributed by atoms with van der Waals surface area (Å²) in [5.74, 6) is 1.96. The third kappa shape index (κ3) is 3.96. The maximum Gasteiger partial charge on any atom is 0.142 e. The van der Waals surface area contributed by atoms with E-state index < -0.39 is 0 Å². The molecule has 0 unspecified atom stereocenters. The topological polar surface area (TPSA) is 24.9 Å². The molecule has 0 N–H and O–H groups in total. The summed E-state index contributed by atoms with van der Waals surface area (Å²) < 4.78 is 12.3. The van der Waals surface area contributed by atoms with Crippen molar-refractivity contribution >= 4 is 27.1 Å². The van der Waals surface area contributed by atoms with Crippen molar-refractivity contribution in [1.82, 2.24) is 4.90 Å². The van der Waals surface area contributed by atoms with Crippen LogP contribution in [0.2, 0.25) is 0 Å². The predicted molar refractivity (Wildman–Crippen MR) is 118 cm³/mol. The van der Waals surface area contributed by atoms with E-state index in [0.29, 0.717) is 0 Å². The number of para-hydroxylation sites is 2. The predicted octanol–water partition coefficient (Wildman–Crippen LogP) is 4.67. The number of aryl methyl sites for hydroxylation is 1. The molecule has 0 bridgehead atoms. The molecule has 1 fully saturated rings. The largest absolute Gasteiger partial charge is 0.495 e. The van der Waals surface area contributed by atoms with Gasteiger partial charge in [-0.2, -0.15) is 0 Å². The van der Waals surface area contributed by atoms with E-state index in [1.54, 1.807) is 25.6 Å². The maximum atomic E-state index is 5.52. The van der Waals surface area contributed by atoms with Crippen LogP contribution in [0.15, 0.2) is 47.8 Å². The summed E-state index contributed by atoms with van der Waals surface area (Å²) in [5, 5.41) is 3.65. The second-order valence-electron chi connectivity index (χ2n) is 7.20. The van der Waals surface area contributed by atoms with E-state index >= 15 is 0 Å². The van der Waals surface area contributed by atoms with Crippen molar-refractivity contribution in [2.24, 2.45) is 0 Å². The summed E-state index contributed by atoms with van der Waals surface area (Å²) in [6.07, 6.45) is 2.32. The second kappa shape index (κ2) is 8.84. The molecule has 28 heavy (non-hydrogen) atoms. The molecular weight excluding hydrogens is 368 g/mol. The number of ether oxygens (including phenoxy) is 2. The zero-order valence-corrected chi connectivity index (χ0v) is 17.5. The van der Waals surface area contributed by atoms with Gasteiger partial charge in [0.1, 0.15) is 11.5 Å². The molecule has 0 aliphatic carbocycles. The lowest BCUT2D eigenvalue weighted by atomic mass is 10.1. The van der Waals surface area contributed by atoms with Crippen molar-refractivity contribution in [3.63, 3.8) is 0 Å². The maximum absolute atomic E-state index is 5.52. The van der Waals surface area contributed by atoms with Crippen LogP contribution in [0.1, 0.15) is 12.0 Å². The molecule has 0 spiro atoms. The summed E-state index contributed by atoms with van der Waals surface area (Å²) in [7, 11) is 3.50. The van der Waals surface area contributed by atoms with E-state index in [-0.39, 0.29) is 0 Å².